The Balaban J connectivity index is 2.26. The van der Waals surface area contributed by atoms with Crippen molar-refractivity contribution in [1.29, 1.82) is 0 Å². The molecular weight excluding hydrogens is 256 g/mol. The lowest BCUT2D eigenvalue weighted by atomic mass is 10.0. The van der Waals surface area contributed by atoms with Crippen LogP contribution in [0.1, 0.15) is 30.0 Å². The van der Waals surface area contributed by atoms with E-state index in [0.29, 0.717) is 29.4 Å². The van der Waals surface area contributed by atoms with E-state index in [1.807, 2.05) is 19.9 Å². The van der Waals surface area contributed by atoms with Crippen LogP contribution in [0.2, 0.25) is 0 Å². The van der Waals surface area contributed by atoms with Crippen molar-refractivity contribution in [2.45, 2.75) is 26.3 Å². The van der Waals surface area contributed by atoms with Crippen molar-refractivity contribution in [2.24, 2.45) is 5.73 Å². The van der Waals surface area contributed by atoms with Gasteiger partial charge in [-0.1, -0.05) is 17.3 Å². The average molecular weight is 274 g/mol. The van der Waals surface area contributed by atoms with Gasteiger partial charge in [0.05, 0.1) is 11.1 Å². The zero-order chi connectivity index (χ0) is 14.8. The summed E-state index contributed by atoms with van der Waals surface area (Å²) in [5, 5.41) is 6.54. The lowest BCUT2D eigenvalue weighted by Crippen LogP contribution is -2.45. The molecule has 1 aromatic carbocycles. The predicted molar refractivity (Wildman–Crippen MR) is 75.1 cm³/mol. The van der Waals surface area contributed by atoms with E-state index >= 15 is 0 Å². The summed E-state index contributed by atoms with van der Waals surface area (Å²) < 4.78 is 5.12. The standard InChI is InChI=1S/C14H18N4O2/c1-9-17-13(20-18-9)11-7-5-4-6-10(11)12(19)16-8-14(2,3)15/h4-7H,8,15H2,1-3H3,(H,16,19). The summed E-state index contributed by atoms with van der Waals surface area (Å²) in [6, 6.07) is 7.09. The van der Waals surface area contributed by atoms with Crippen molar-refractivity contribution in [3.8, 4) is 11.5 Å². The number of amides is 1. The van der Waals surface area contributed by atoms with Crippen molar-refractivity contribution >= 4 is 5.91 Å². The molecule has 0 fully saturated rings. The van der Waals surface area contributed by atoms with Gasteiger partial charge in [0.25, 0.3) is 11.8 Å². The van der Waals surface area contributed by atoms with Crippen molar-refractivity contribution in [3.63, 3.8) is 0 Å². The minimum atomic E-state index is -0.467. The number of nitrogens with zero attached hydrogens (tertiary/aromatic N) is 2. The molecule has 20 heavy (non-hydrogen) atoms. The van der Waals surface area contributed by atoms with Crippen LogP contribution in [-0.2, 0) is 0 Å². The molecule has 0 saturated carbocycles. The van der Waals surface area contributed by atoms with Gasteiger partial charge in [-0.25, -0.2) is 0 Å². The maximum absolute atomic E-state index is 12.2. The fourth-order valence-corrected chi connectivity index (χ4v) is 1.68. The second-order valence-electron chi connectivity index (χ2n) is 5.36. The third-order valence-electron chi connectivity index (χ3n) is 2.63. The molecule has 0 aliphatic rings. The van der Waals surface area contributed by atoms with E-state index < -0.39 is 5.54 Å². The number of hydrogen-bond acceptors (Lipinski definition) is 5. The summed E-state index contributed by atoms with van der Waals surface area (Å²) in [4.78, 5) is 16.4. The van der Waals surface area contributed by atoms with Gasteiger partial charge >= 0.3 is 0 Å². The molecular formula is C14H18N4O2. The summed E-state index contributed by atoms with van der Waals surface area (Å²) in [6.07, 6.45) is 0. The molecule has 6 heteroatoms. The Bertz CT molecular complexity index is 614. The third kappa shape index (κ3) is 3.42. The molecule has 2 rings (SSSR count). The van der Waals surface area contributed by atoms with Gasteiger partial charge in [0.2, 0.25) is 0 Å². The smallest absolute Gasteiger partial charge is 0.258 e. The molecule has 1 amide bonds. The summed E-state index contributed by atoms with van der Waals surface area (Å²) in [5.74, 6) is 0.647. The first-order valence-electron chi connectivity index (χ1n) is 6.33. The zero-order valence-electron chi connectivity index (χ0n) is 11.8. The minimum Gasteiger partial charge on any atom is -0.350 e. The van der Waals surface area contributed by atoms with E-state index in [4.69, 9.17) is 10.3 Å². The quantitative estimate of drug-likeness (QED) is 0.881. The molecule has 0 aliphatic carbocycles. The molecule has 0 unspecified atom stereocenters. The largest absolute Gasteiger partial charge is 0.350 e. The Labute approximate surface area is 117 Å². The van der Waals surface area contributed by atoms with E-state index in [2.05, 4.69) is 15.5 Å². The van der Waals surface area contributed by atoms with Gasteiger partial charge in [0.1, 0.15) is 0 Å². The van der Waals surface area contributed by atoms with Crippen LogP contribution in [0.15, 0.2) is 28.8 Å². The van der Waals surface area contributed by atoms with Crippen molar-refractivity contribution in [2.75, 3.05) is 6.54 Å². The van der Waals surface area contributed by atoms with E-state index in [-0.39, 0.29) is 5.91 Å². The Hall–Kier alpha value is -2.21. The number of aromatic nitrogens is 2. The molecule has 0 saturated heterocycles. The number of nitrogens with one attached hydrogen (secondary N) is 1. The summed E-state index contributed by atoms with van der Waals surface area (Å²) in [7, 11) is 0. The molecule has 3 N–H and O–H groups in total. The van der Waals surface area contributed by atoms with Crippen LogP contribution in [0.25, 0.3) is 11.5 Å². The Kier molecular flexibility index (Phi) is 3.85. The number of hydrogen-bond donors (Lipinski definition) is 2. The molecule has 0 spiro atoms. The summed E-state index contributed by atoms with van der Waals surface area (Å²) in [6.45, 7) is 5.80. The predicted octanol–water partition coefficient (Wildman–Crippen LogP) is 1.51. The summed E-state index contributed by atoms with van der Waals surface area (Å²) in [5.41, 5.74) is 6.49. The lowest BCUT2D eigenvalue weighted by Gasteiger charge is -2.19. The highest BCUT2D eigenvalue weighted by atomic mass is 16.5. The van der Waals surface area contributed by atoms with Crippen LogP contribution in [-0.4, -0.2) is 28.1 Å². The molecule has 2 aromatic rings. The van der Waals surface area contributed by atoms with Crippen LogP contribution in [0.4, 0.5) is 0 Å². The zero-order valence-corrected chi connectivity index (χ0v) is 11.8. The Morgan fingerprint density at radius 2 is 2.10 bits per heavy atom. The molecule has 1 aromatic heterocycles. The van der Waals surface area contributed by atoms with Gasteiger partial charge in [0.15, 0.2) is 5.82 Å². The first-order chi connectivity index (χ1) is 9.37. The average Bonchev–Trinajstić information content (AvgIpc) is 2.82. The van der Waals surface area contributed by atoms with E-state index in [1.54, 1.807) is 25.1 Å². The molecule has 0 aliphatic heterocycles. The van der Waals surface area contributed by atoms with E-state index in [1.165, 1.54) is 0 Å². The monoisotopic (exact) mass is 274 g/mol. The van der Waals surface area contributed by atoms with Crippen molar-refractivity contribution in [1.82, 2.24) is 15.5 Å². The maximum atomic E-state index is 12.2. The highest BCUT2D eigenvalue weighted by Crippen LogP contribution is 2.21. The molecule has 6 nitrogen and oxygen atoms in total. The van der Waals surface area contributed by atoms with Gasteiger partial charge in [0, 0.05) is 12.1 Å². The highest BCUT2D eigenvalue weighted by Gasteiger charge is 2.18. The van der Waals surface area contributed by atoms with Crippen molar-refractivity contribution < 1.29 is 9.32 Å². The van der Waals surface area contributed by atoms with E-state index in [9.17, 15) is 4.79 Å². The molecule has 1 heterocycles. The van der Waals surface area contributed by atoms with Gasteiger partial charge in [-0.05, 0) is 32.9 Å². The molecule has 0 bridgehead atoms. The number of benzene rings is 1. The van der Waals surface area contributed by atoms with E-state index in [0.717, 1.165) is 0 Å². The molecule has 0 radical (unpaired) electrons. The summed E-state index contributed by atoms with van der Waals surface area (Å²) >= 11 is 0. The first kappa shape index (κ1) is 14.2. The number of rotatable bonds is 4. The fraction of sp³-hybridized carbons (Fsp3) is 0.357. The molecule has 0 atom stereocenters. The topological polar surface area (TPSA) is 94.0 Å². The van der Waals surface area contributed by atoms with Crippen LogP contribution in [0.5, 0.6) is 0 Å². The van der Waals surface area contributed by atoms with Crippen LogP contribution < -0.4 is 11.1 Å². The fourth-order valence-electron chi connectivity index (χ4n) is 1.68. The van der Waals surface area contributed by atoms with Gasteiger partial charge in [-0.3, -0.25) is 4.79 Å². The number of aryl methyl sites for hydroxylation is 1. The second-order valence-corrected chi connectivity index (χ2v) is 5.36. The lowest BCUT2D eigenvalue weighted by molar-refractivity contribution is 0.0946. The van der Waals surface area contributed by atoms with Crippen LogP contribution in [0.3, 0.4) is 0 Å². The second kappa shape index (κ2) is 5.42. The van der Waals surface area contributed by atoms with Crippen molar-refractivity contribution in [3.05, 3.63) is 35.7 Å². The van der Waals surface area contributed by atoms with Gasteiger partial charge < -0.3 is 15.6 Å². The van der Waals surface area contributed by atoms with Gasteiger partial charge in [-0.15, -0.1) is 0 Å². The Morgan fingerprint density at radius 3 is 2.70 bits per heavy atom. The van der Waals surface area contributed by atoms with Crippen LogP contribution >= 0.6 is 0 Å². The first-order valence-corrected chi connectivity index (χ1v) is 6.33. The number of carbonyl (C=O) groups is 1. The minimum absolute atomic E-state index is 0.213. The third-order valence-corrected chi connectivity index (χ3v) is 2.63. The maximum Gasteiger partial charge on any atom is 0.258 e. The Morgan fingerprint density at radius 1 is 1.40 bits per heavy atom. The number of nitrogens with two attached hydrogens (primary N) is 1. The number of carbonyl (C=O) groups excluding carboxylic acids is 1. The van der Waals surface area contributed by atoms with Crippen LogP contribution in [0, 0.1) is 6.92 Å². The SMILES string of the molecule is Cc1noc(-c2ccccc2C(=O)NCC(C)(C)N)n1. The van der Waals surface area contributed by atoms with Gasteiger partial charge in [-0.2, -0.15) is 4.98 Å². The molecule has 106 valence electrons. The normalized spacial score (nSPS) is 11.4. The highest BCUT2D eigenvalue weighted by molar-refractivity contribution is 5.99.